The monoisotopic (exact) mass is 242 g/mol. The summed E-state index contributed by atoms with van der Waals surface area (Å²) in [4.78, 5) is 12.1. The van der Waals surface area contributed by atoms with Crippen molar-refractivity contribution in [1.82, 2.24) is 5.32 Å². The third-order valence-electron chi connectivity index (χ3n) is 4.06. The van der Waals surface area contributed by atoms with Gasteiger partial charge in [-0.2, -0.15) is 0 Å². The Morgan fingerprint density at radius 1 is 1.22 bits per heavy atom. The van der Waals surface area contributed by atoms with E-state index in [2.05, 4.69) is 17.5 Å². The largest absolute Gasteiger partial charge is 0.399 e. The average molecular weight is 242 g/mol. The van der Waals surface area contributed by atoms with E-state index in [-0.39, 0.29) is 11.8 Å². The van der Waals surface area contributed by atoms with Crippen LogP contribution in [0, 0.1) is 17.8 Å². The standard InChI is InChI=1S/C15H18N2O/c16-13-5-2-10(3-6-13)9-17-15(18)14-8-11-1-4-12(14)7-11/h1-6,11-12,14H,7-9,16H2,(H,17,18). The van der Waals surface area contributed by atoms with E-state index >= 15 is 0 Å². The zero-order valence-electron chi connectivity index (χ0n) is 10.3. The number of carbonyl (C=O) groups is 1. The molecule has 94 valence electrons. The molecule has 3 N–H and O–H groups in total. The van der Waals surface area contributed by atoms with E-state index < -0.39 is 0 Å². The third-order valence-corrected chi connectivity index (χ3v) is 4.06. The molecule has 2 aliphatic carbocycles. The number of hydrogen-bond donors (Lipinski definition) is 2. The summed E-state index contributed by atoms with van der Waals surface area (Å²) < 4.78 is 0. The molecular formula is C15H18N2O. The number of rotatable bonds is 3. The normalized spacial score (nSPS) is 28.6. The summed E-state index contributed by atoms with van der Waals surface area (Å²) in [6, 6.07) is 7.64. The first-order valence-corrected chi connectivity index (χ1v) is 6.53. The Hall–Kier alpha value is -1.77. The Morgan fingerprint density at radius 2 is 2.00 bits per heavy atom. The fourth-order valence-corrected chi connectivity index (χ4v) is 3.04. The number of nitrogens with two attached hydrogens (primary N) is 1. The average Bonchev–Trinajstić information content (AvgIpc) is 3.00. The lowest BCUT2D eigenvalue weighted by Crippen LogP contribution is -2.32. The van der Waals surface area contributed by atoms with Crippen molar-refractivity contribution in [3.8, 4) is 0 Å². The predicted molar refractivity (Wildman–Crippen MR) is 71.5 cm³/mol. The van der Waals surface area contributed by atoms with Crippen molar-refractivity contribution in [2.45, 2.75) is 19.4 Å². The molecule has 0 radical (unpaired) electrons. The van der Waals surface area contributed by atoms with E-state index in [1.165, 1.54) is 6.42 Å². The van der Waals surface area contributed by atoms with Crippen molar-refractivity contribution in [3.63, 3.8) is 0 Å². The SMILES string of the molecule is Nc1ccc(CNC(=O)C2CC3C=CC2C3)cc1. The van der Waals surface area contributed by atoms with Crippen LogP contribution < -0.4 is 11.1 Å². The van der Waals surface area contributed by atoms with Gasteiger partial charge in [-0.3, -0.25) is 4.79 Å². The number of anilines is 1. The number of benzene rings is 1. The maximum absolute atomic E-state index is 12.1. The van der Waals surface area contributed by atoms with Crippen molar-refractivity contribution in [3.05, 3.63) is 42.0 Å². The minimum Gasteiger partial charge on any atom is -0.399 e. The van der Waals surface area contributed by atoms with Crippen LogP contribution in [0.15, 0.2) is 36.4 Å². The first-order chi connectivity index (χ1) is 8.72. The van der Waals surface area contributed by atoms with E-state index in [9.17, 15) is 4.79 Å². The van der Waals surface area contributed by atoms with Gasteiger partial charge in [-0.1, -0.05) is 24.3 Å². The van der Waals surface area contributed by atoms with Crippen LogP contribution in [-0.4, -0.2) is 5.91 Å². The fourth-order valence-electron chi connectivity index (χ4n) is 3.04. The summed E-state index contributed by atoms with van der Waals surface area (Å²) in [6.45, 7) is 0.594. The van der Waals surface area contributed by atoms with E-state index in [0.717, 1.165) is 17.7 Å². The van der Waals surface area contributed by atoms with E-state index in [4.69, 9.17) is 5.73 Å². The molecule has 3 unspecified atom stereocenters. The van der Waals surface area contributed by atoms with Gasteiger partial charge in [0.1, 0.15) is 0 Å². The first kappa shape index (κ1) is 11.3. The van der Waals surface area contributed by atoms with Gasteiger partial charge in [-0.05, 0) is 42.4 Å². The molecule has 2 bridgehead atoms. The maximum atomic E-state index is 12.1. The molecule has 3 heteroatoms. The Bertz CT molecular complexity index is 478. The minimum absolute atomic E-state index is 0.189. The maximum Gasteiger partial charge on any atom is 0.223 e. The number of carbonyl (C=O) groups excluding carboxylic acids is 1. The number of allylic oxidation sites excluding steroid dienone is 2. The summed E-state index contributed by atoms with van der Waals surface area (Å²) in [7, 11) is 0. The van der Waals surface area contributed by atoms with Crippen molar-refractivity contribution >= 4 is 11.6 Å². The summed E-state index contributed by atoms with van der Waals surface area (Å²) in [5.74, 6) is 1.50. The summed E-state index contributed by atoms with van der Waals surface area (Å²) >= 11 is 0. The molecule has 1 fully saturated rings. The molecule has 0 saturated heterocycles. The van der Waals surface area contributed by atoms with Crippen LogP contribution in [-0.2, 0) is 11.3 Å². The number of hydrogen-bond acceptors (Lipinski definition) is 2. The number of fused-ring (bicyclic) bond motifs is 2. The van der Waals surface area contributed by atoms with Gasteiger partial charge in [0, 0.05) is 18.2 Å². The number of nitrogen functional groups attached to an aromatic ring is 1. The quantitative estimate of drug-likeness (QED) is 0.630. The smallest absolute Gasteiger partial charge is 0.223 e. The van der Waals surface area contributed by atoms with Crippen LogP contribution in [0.2, 0.25) is 0 Å². The Balaban J connectivity index is 1.56. The fraction of sp³-hybridized carbons (Fsp3) is 0.400. The van der Waals surface area contributed by atoms with Gasteiger partial charge >= 0.3 is 0 Å². The second-order valence-electron chi connectivity index (χ2n) is 5.35. The predicted octanol–water partition coefficient (Wildman–Crippen LogP) is 2.10. The van der Waals surface area contributed by atoms with Gasteiger partial charge in [0.25, 0.3) is 0 Å². The summed E-state index contributed by atoms with van der Waals surface area (Å²) in [6.07, 6.45) is 6.66. The minimum atomic E-state index is 0.189. The van der Waals surface area contributed by atoms with Crippen molar-refractivity contribution < 1.29 is 4.79 Å². The molecular weight excluding hydrogens is 224 g/mol. The molecule has 2 aliphatic rings. The van der Waals surface area contributed by atoms with Gasteiger partial charge in [-0.25, -0.2) is 0 Å². The molecule has 3 rings (SSSR count). The van der Waals surface area contributed by atoms with Crippen LogP contribution in [0.4, 0.5) is 5.69 Å². The first-order valence-electron chi connectivity index (χ1n) is 6.53. The zero-order chi connectivity index (χ0) is 12.5. The second kappa shape index (κ2) is 4.48. The molecule has 3 nitrogen and oxygen atoms in total. The highest BCUT2D eigenvalue weighted by atomic mass is 16.1. The molecule has 1 aromatic rings. The molecule has 1 aromatic carbocycles. The molecule has 18 heavy (non-hydrogen) atoms. The Kier molecular flexibility index (Phi) is 2.82. The van der Waals surface area contributed by atoms with Crippen molar-refractivity contribution in [2.24, 2.45) is 17.8 Å². The number of nitrogens with one attached hydrogen (secondary N) is 1. The van der Waals surface area contributed by atoms with Gasteiger partial charge in [0.15, 0.2) is 0 Å². The highest BCUT2D eigenvalue weighted by Gasteiger charge is 2.39. The van der Waals surface area contributed by atoms with Gasteiger partial charge in [0.2, 0.25) is 5.91 Å². The molecule has 0 spiro atoms. The molecule has 1 saturated carbocycles. The molecule has 0 heterocycles. The summed E-state index contributed by atoms with van der Waals surface area (Å²) in [5, 5.41) is 3.03. The highest BCUT2D eigenvalue weighted by molar-refractivity contribution is 5.80. The Labute approximate surface area is 107 Å². The van der Waals surface area contributed by atoms with Gasteiger partial charge in [0.05, 0.1) is 0 Å². The Morgan fingerprint density at radius 3 is 2.61 bits per heavy atom. The highest BCUT2D eigenvalue weighted by Crippen LogP contribution is 2.43. The van der Waals surface area contributed by atoms with E-state index in [1.807, 2.05) is 24.3 Å². The lowest BCUT2D eigenvalue weighted by Gasteiger charge is -2.17. The summed E-state index contributed by atoms with van der Waals surface area (Å²) in [5.41, 5.74) is 7.48. The lowest BCUT2D eigenvalue weighted by molar-refractivity contribution is -0.125. The van der Waals surface area contributed by atoms with E-state index in [0.29, 0.717) is 18.4 Å². The molecule has 0 aromatic heterocycles. The van der Waals surface area contributed by atoms with Crippen molar-refractivity contribution in [2.75, 3.05) is 5.73 Å². The molecule has 3 atom stereocenters. The zero-order valence-corrected chi connectivity index (χ0v) is 10.3. The third kappa shape index (κ3) is 2.13. The van der Waals surface area contributed by atoms with Crippen LogP contribution in [0.1, 0.15) is 18.4 Å². The molecule has 1 amide bonds. The van der Waals surface area contributed by atoms with Crippen LogP contribution >= 0.6 is 0 Å². The van der Waals surface area contributed by atoms with Crippen LogP contribution in [0.25, 0.3) is 0 Å². The van der Waals surface area contributed by atoms with Gasteiger partial charge in [-0.15, -0.1) is 0 Å². The number of amides is 1. The van der Waals surface area contributed by atoms with E-state index in [1.54, 1.807) is 0 Å². The van der Waals surface area contributed by atoms with Crippen molar-refractivity contribution in [1.29, 1.82) is 0 Å². The lowest BCUT2D eigenvalue weighted by atomic mass is 9.93. The second-order valence-corrected chi connectivity index (χ2v) is 5.35. The van der Waals surface area contributed by atoms with Crippen LogP contribution in [0.5, 0.6) is 0 Å². The van der Waals surface area contributed by atoms with Gasteiger partial charge < -0.3 is 11.1 Å². The van der Waals surface area contributed by atoms with Crippen LogP contribution in [0.3, 0.4) is 0 Å². The topological polar surface area (TPSA) is 55.1 Å². The molecule has 0 aliphatic heterocycles.